The molecule has 1 aliphatic rings. The zero-order chi connectivity index (χ0) is 8.72. The van der Waals surface area contributed by atoms with Crippen LogP contribution in [0.1, 0.15) is 0 Å². The highest BCUT2D eigenvalue weighted by Crippen LogP contribution is 2.25. The zero-order valence-electron chi connectivity index (χ0n) is 5.76. The van der Waals surface area contributed by atoms with Crippen LogP contribution in [0.3, 0.4) is 0 Å². The Hall–Kier alpha value is -1.52. The van der Waals surface area contributed by atoms with Crippen molar-refractivity contribution >= 4 is 12.0 Å². The lowest BCUT2D eigenvalue weighted by Gasteiger charge is -2.02. The normalized spacial score (nSPS) is 13.8. The summed E-state index contributed by atoms with van der Waals surface area (Å²) in [6.45, 7) is 0. The van der Waals surface area contributed by atoms with Gasteiger partial charge in [0.25, 0.3) is 0 Å². The van der Waals surface area contributed by atoms with Crippen molar-refractivity contribution in [2.45, 2.75) is 0 Å². The fraction of sp³-hybridized carbons (Fsp3) is 0. The highest BCUT2D eigenvalue weighted by atomic mass is 19.2. The first-order chi connectivity index (χ1) is 5.70. The summed E-state index contributed by atoms with van der Waals surface area (Å²) in [6.07, 6.45) is 1.30. The van der Waals surface area contributed by atoms with E-state index >= 15 is 0 Å². The first-order valence-corrected chi connectivity index (χ1v) is 3.17. The molecule has 2 nitrogen and oxygen atoms in total. The maximum absolute atomic E-state index is 12.8. The van der Waals surface area contributed by atoms with E-state index in [9.17, 15) is 13.2 Å². The molecule has 0 amide bonds. The summed E-state index contributed by atoms with van der Waals surface area (Å²) in [7, 11) is 0. The molecule has 1 heterocycles. The van der Waals surface area contributed by atoms with E-state index < -0.39 is 17.5 Å². The molecule has 0 N–H and O–H groups in total. The smallest absolute Gasteiger partial charge is 0.196 e. The fourth-order valence-corrected chi connectivity index (χ4v) is 0.843. The largest absolute Gasteiger partial charge is 0.216 e. The summed E-state index contributed by atoms with van der Waals surface area (Å²) in [5.74, 6) is -3.88. The summed E-state index contributed by atoms with van der Waals surface area (Å²) in [4.78, 5) is 0. The van der Waals surface area contributed by atoms with Gasteiger partial charge in [-0.25, -0.2) is 18.2 Å². The second kappa shape index (κ2) is 2.23. The van der Waals surface area contributed by atoms with Crippen molar-refractivity contribution in [3.8, 4) is 0 Å². The van der Waals surface area contributed by atoms with Gasteiger partial charge < -0.3 is 0 Å². The van der Waals surface area contributed by atoms with E-state index in [1.54, 1.807) is 0 Å². The van der Waals surface area contributed by atoms with Crippen LogP contribution >= 0.6 is 0 Å². The first kappa shape index (κ1) is 7.15. The average Bonchev–Trinajstić information content (AvgIpc) is 2.84. The van der Waals surface area contributed by atoms with Gasteiger partial charge in [0.2, 0.25) is 0 Å². The van der Waals surface area contributed by atoms with Crippen LogP contribution < -0.4 is 5.01 Å². The van der Waals surface area contributed by atoms with E-state index in [1.165, 1.54) is 6.34 Å². The predicted octanol–water partition coefficient (Wildman–Crippen LogP) is 1.87. The average molecular weight is 172 g/mol. The predicted molar refractivity (Wildman–Crippen MR) is 37.3 cm³/mol. The monoisotopic (exact) mass is 172 g/mol. The van der Waals surface area contributed by atoms with E-state index in [4.69, 9.17) is 0 Å². The van der Waals surface area contributed by atoms with E-state index in [0.29, 0.717) is 0 Å². The van der Waals surface area contributed by atoms with E-state index in [0.717, 1.165) is 17.1 Å². The maximum atomic E-state index is 12.8. The molecule has 0 fully saturated rings. The van der Waals surface area contributed by atoms with Gasteiger partial charge in [-0.1, -0.05) is 0 Å². The lowest BCUT2D eigenvalue weighted by molar-refractivity contribution is 0.448. The van der Waals surface area contributed by atoms with Gasteiger partial charge in [0.1, 0.15) is 12.0 Å². The standard InChI is InChI=1S/C7H3F3N2/c8-4-1-2-5(12-3-11-12)7(10)6(4)9/h1-3H. The SMILES string of the molecule is Fc1ccc(N2C=N2)c(F)c1F. The number of hydrazone groups is 1. The summed E-state index contributed by atoms with van der Waals surface area (Å²) >= 11 is 0. The van der Waals surface area contributed by atoms with Crippen LogP contribution in [0, 0.1) is 17.5 Å². The molecule has 5 heteroatoms. The Morgan fingerprint density at radius 2 is 1.75 bits per heavy atom. The minimum absolute atomic E-state index is 0.0751. The number of anilines is 1. The second-order valence-electron chi connectivity index (χ2n) is 2.27. The number of halogens is 3. The topological polar surface area (TPSA) is 15.4 Å². The van der Waals surface area contributed by atoms with Crippen molar-refractivity contribution < 1.29 is 13.2 Å². The van der Waals surface area contributed by atoms with E-state index in [2.05, 4.69) is 5.10 Å². The number of hydrogen-bond donors (Lipinski definition) is 0. The molecule has 2 rings (SSSR count). The Morgan fingerprint density at radius 1 is 1.08 bits per heavy atom. The molecule has 0 aliphatic carbocycles. The Morgan fingerprint density at radius 3 is 2.33 bits per heavy atom. The van der Waals surface area contributed by atoms with Crippen molar-refractivity contribution in [2.24, 2.45) is 5.10 Å². The van der Waals surface area contributed by atoms with Crippen molar-refractivity contribution in [1.29, 1.82) is 0 Å². The van der Waals surface area contributed by atoms with Crippen molar-refractivity contribution in [3.05, 3.63) is 29.6 Å². The third kappa shape index (κ3) is 0.939. The molecule has 0 unspecified atom stereocenters. The van der Waals surface area contributed by atoms with Crippen LogP contribution in [-0.2, 0) is 0 Å². The van der Waals surface area contributed by atoms with Crippen LogP contribution in [0.4, 0.5) is 18.9 Å². The van der Waals surface area contributed by atoms with Crippen molar-refractivity contribution in [1.82, 2.24) is 0 Å². The van der Waals surface area contributed by atoms with Crippen LogP contribution in [0.25, 0.3) is 0 Å². The molecule has 1 aromatic carbocycles. The lowest BCUT2D eigenvalue weighted by atomic mass is 10.3. The number of hydrogen-bond acceptors (Lipinski definition) is 2. The number of nitrogens with zero attached hydrogens (tertiary/aromatic N) is 2. The fourth-order valence-electron chi connectivity index (χ4n) is 0.843. The van der Waals surface area contributed by atoms with Gasteiger partial charge in [0, 0.05) is 0 Å². The van der Waals surface area contributed by atoms with E-state index in [1.807, 2.05) is 0 Å². The molecule has 0 radical (unpaired) electrons. The molecule has 0 saturated carbocycles. The minimum Gasteiger partial charge on any atom is -0.216 e. The van der Waals surface area contributed by atoms with Gasteiger partial charge in [0.05, 0.1) is 0 Å². The van der Waals surface area contributed by atoms with E-state index in [-0.39, 0.29) is 5.69 Å². The molecular formula is C7H3F3N2. The number of benzene rings is 1. The van der Waals surface area contributed by atoms with Crippen molar-refractivity contribution in [2.75, 3.05) is 5.01 Å². The Kier molecular flexibility index (Phi) is 1.33. The molecule has 0 aromatic heterocycles. The molecule has 1 aromatic rings. The molecule has 1 aliphatic heterocycles. The van der Waals surface area contributed by atoms with Crippen LogP contribution in [0.5, 0.6) is 0 Å². The van der Waals surface area contributed by atoms with Gasteiger partial charge >= 0.3 is 0 Å². The molecule has 12 heavy (non-hydrogen) atoms. The summed E-state index contributed by atoms with van der Waals surface area (Å²) < 4.78 is 37.7. The highest BCUT2D eigenvalue weighted by molar-refractivity contribution is 5.90. The zero-order valence-corrected chi connectivity index (χ0v) is 5.76. The van der Waals surface area contributed by atoms with Gasteiger partial charge in [-0.15, -0.1) is 0 Å². The molecule has 0 atom stereocenters. The van der Waals surface area contributed by atoms with Gasteiger partial charge in [0.15, 0.2) is 17.5 Å². The summed E-state index contributed by atoms with van der Waals surface area (Å²) in [5, 5.41) is 4.61. The minimum atomic E-state index is -1.47. The van der Waals surface area contributed by atoms with Crippen LogP contribution in [0.15, 0.2) is 17.2 Å². The third-order valence-corrected chi connectivity index (χ3v) is 1.49. The molecule has 62 valence electrons. The second-order valence-corrected chi connectivity index (χ2v) is 2.27. The maximum Gasteiger partial charge on any atom is 0.196 e. The van der Waals surface area contributed by atoms with Crippen molar-refractivity contribution in [3.63, 3.8) is 0 Å². The van der Waals surface area contributed by atoms with Gasteiger partial charge in [-0.05, 0) is 12.1 Å². The Bertz CT molecular complexity index is 356. The molecule has 0 spiro atoms. The Labute approximate surface area is 65.9 Å². The highest BCUT2D eigenvalue weighted by Gasteiger charge is 2.21. The summed E-state index contributed by atoms with van der Waals surface area (Å²) in [6, 6.07) is 1.98. The molecule has 0 bridgehead atoms. The number of rotatable bonds is 1. The first-order valence-electron chi connectivity index (χ1n) is 3.17. The third-order valence-electron chi connectivity index (χ3n) is 1.49. The van der Waals surface area contributed by atoms with Gasteiger partial charge in [-0.3, -0.25) is 0 Å². The Balaban J connectivity index is 2.50. The van der Waals surface area contributed by atoms with Crippen LogP contribution in [0.2, 0.25) is 0 Å². The quantitative estimate of drug-likeness (QED) is 0.590. The lowest BCUT2D eigenvalue weighted by Crippen LogP contribution is -2.00. The summed E-state index contributed by atoms with van der Waals surface area (Å²) in [5.41, 5.74) is -0.0751. The molecular weight excluding hydrogens is 169 g/mol. The molecule has 0 saturated heterocycles. The van der Waals surface area contributed by atoms with Gasteiger partial charge in [-0.2, -0.15) is 5.10 Å². The van der Waals surface area contributed by atoms with Crippen LogP contribution in [-0.4, -0.2) is 6.34 Å².